The Morgan fingerprint density at radius 2 is 1.81 bits per heavy atom. The molecule has 3 aromatic carbocycles. The maximum Gasteiger partial charge on any atom is 0.266 e. The van der Waals surface area contributed by atoms with Crippen LogP contribution in [0.1, 0.15) is 11.1 Å². The molecule has 3 aromatic rings. The van der Waals surface area contributed by atoms with E-state index < -0.39 is 5.91 Å². The summed E-state index contributed by atoms with van der Waals surface area (Å²) in [6, 6.07) is 20.9. The van der Waals surface area contributed by atoms with Crippen molar-refractivity contribution in [3.63, 3.8) is 0 Å². The quantitative estimate of drug-likeness (QED) is 0.273. The zero-order valence-corrected chi connectivity index (χ0v) is 18.2. The number of aromatic hydroxyl groups is 1. The van der Waals surface area contributed by atoms with Gasteiger partial charge < -0.3 is 19.9 Å². The van der Waals surface area contributed by atoms with Crippen molar-refractivity contribution < 1.29 is 19.4 Å². The minimum absolute atomic E-state index is 0.0707. The Hall–Kier alpha value is -3.76. The Kier molecular flexibility index (Phi) is 7.31. The van der Waals surface area contributed by atoms with Gasteiger partial charge in [-0.25, -0.2) is 0 Å². The fourth-order valence-electron chi connectivity index (χ4n) is 2.69. The third-order valence-electron chi connectivity index (χ3n) is 4.30. The first-order valence-electron chi connectivity index (χ1n) is 9.26. The molecule has 156 valence electrons. The van der Waals surface area contributed by atoms with E-state index >= 15 is 0 Å². The summed E-state index contributed by atoms with van der Waals surface area (Å²) in [5.74, 6) is 0.572. The lowest BCUT2D eigenvalue weighted by molar-refractivity contribution is -0.112. The summed E-state index contributed by atoms with van der Waals surface area (Å²) in [5.41, 5.74) is 2.02. The van der Waals surface area contributed by atoms with E-state index in [1.165, 1.54) is 25.3 Å². The number of nitrogens with one attached hydrogen (secondary N) is 1. The van der Waals surface area contributed by atoms with Crippen LogP contribution in [0.5, 0.6) is 17.2 Å². The normalized spacial score (nSPS) is 10.8. The van der Waals surface area contributed by atoms with Gasteiger partial charge in [0.15, 0.2) is 11.5 Å². The first-order chi connectivity index (χ1) is 15.0. The van der Waals surface area contributed by atoms with Gasteiger partial charge in [-0.2, -0.15) is 5.26 Å². The second-order valence-corrected chi connectivity index (χ2v) is 7.41. The zero-order valence-electron chi connectivity index (χ0n) is 16.6. The maximum atomic E-state index is 12.4. The molecule has 0 saturated carbocycles. The SMILES string of the molecule is COc1cc(/C=C(/C#N)C(=O)Nc2ccc(O)cc2)ccc1OCc1ccc(Br)cc1. The van der Waals surface area contributed by atoms with Crippen molar-refractivity contribution in [2.24, 2.45) is 0 Å². The Morgan fingerprint density at radius 1 is 1.10 bits per heavy atom. The van der Waals surface area contributed by atoms with Gasteiger partial charge in [-0.3, -0.25) is 4.79 Å². The highest BCUT2D eigenvalue weighted by atomic mass is 79.9. The molecule has 0 fully saturated rings. The molecule has 31 heavy (non-hydrogen) atoms. The highest BCUT2D eigenvalue weighted by Crippen LogP contribution is 2.30. The van der Waals surface area contributed by atoms with Gasteiger partial charge in [0.1, 0.15) is 24.0 Å². The maximum absolute atomic E-state index is 12.4. The number of hydrogen-bond donors (Lipinski definition) is 2. The molecule has 0 atom stereocenters. The number of amides is 1. The summed E-state index contributed by atoms with van der Waals surface area (Å²) in [7, 11) is 1.53. The van der Waals surface area contributed by atoms with Gasteiger partial charge in [0, 0.05) is 10.2 Å². The van der Waals surface area contributed by atoms with Gasteiger partial charge in [0.05, 0.1) is 7.11 Å². The van der Waals surface area contributed by atoms with Gasteiger partial charge in [0.25, 0.3) is 5.91 Å². The summed E-state index contributed by atoms with van der Waals surface area (Å²) in [4.78, 5) is 12.4. The van der Waals surface area contributed by atoms with Crippen LogP contribution in [0.4, 0.5) is 5.69 Å². The number of ether oxygens (including phenoxy) is 2. The molecular formula is C24H19BrN2O4. The molecule has 0 aliphatic heterocycles. The molecule has 0 aliphatic carbocycles. The Bertz CT molecular complexity index is 1130. The van der Waals surface area contributed by atoms with Gasteiger partial charge in [-0.1, -0.05) is 34.1 Å². The highest BCUT2D eigenvalue weighted by Gasteiger charge is 2.11. The monoisotopic (exact) mass is 478 g/mol. The van der Waals surface area contributed by atoms with Crippen molar-refractivity contribution in [2.45, 2.75) is 6.61 Å². The fraction of sp³-hybridized carbons (Fsp3) is 0.0833. The Labute approximate surface area is 188 Å². The minimum Gasteiger partial charge on any atom is -0.508 e. The van der Waals surface area contributed by atoms with Gasteiger partial charge in [-0.15, -0.1) is 0 Å². The summed E-state index contributed by atoms with van der Waals surface area (Å²) < 4.78 is 12.3. The average Bonchev–Trinajstić information content (AvgIpc) is 2.78. The molecule has 0 saturated heterocycles. The number of hydrogen-bond acceptors (Lipinski definition) is 5. The Morgan fingerprint density at radius 3 is 2.45 bits per heavy atom. The second-order valence-electron chi connectivity index (χ2n) is 6.50. The van der Waals surface area contributed by atoms with Crippen LogP contribution in [0, 0.1) is 11.3 Å². The second kappa shape index (κ2) is 10.3. The number of nitriles is 1. The molecule has 0 heterocycles. The lowest BCUT2D eigenvalue weighted by Gasteiger charge is -2.12. The van der Waals surface area contributed by atoms with E-state index in [2.05, 4.69) is 21.2 Å². The van der Waals surface area contributed by atoms with Crippen molar-refractivity contribution >= 4 is 33.6 Å². The molecule has 0 aliphatic rings. The van der Waals surface area contributed by atoms with E-state index in [-0.39, 0.29) is 11.3 Å². The lowest BCUT2D eigenvalue weighted by atomic mass is 10.1. The lowest BCUT2D eigenvalue weighted by Crippen LogP contribution is -2.13. The first-order valence-corrected chi connectivity index (χ1v) is 10.1. The number of nitrogens with zero attached hydrogens (tertiary/aromatic N) is 1. The number of halogens is 1. The summed E-state index contributed by atoms with van der Waals surface area (Å²) >= 11 is 3.40. The van der Waals surface area contributed by atoms with Crippen LogP contribution in [-0.4, -0.2) is 18.1 Å². The Balaban J connectivity index is 1.74. The van der Waals surface area contributed by atoms with E-state index in [0.717, 1.165) is 10.0 Å². The van der Waals surface area contributed by atoms with Crippen molar-refractivity contribution in [3.8, 4) is 23.3 Å². The molecule has 0 unspecified atom stereocenters. The van der Waals surface area contributed by atoms with Gasteiger partial charge >= 0.3 is 0 Å². The van der Waals surface area contributed by atoms with Crippen LogP contribution < -0.4 is 14.8 Å². The highest BCUT2D eigenvalue weighted by molar-refractivity contribution is 9.10. The van der Waals surface area contributed by atoms with E-state index in [9.17, 15) is 15.2 Å². The molecule has 0 radical (unpaired) electrons. The largest absolute Gasteiger partial charge is 0.508 e. The molecule has 7 heteroatoms. The van der Waals surface area contributed by atoms with Gasteiger partial charge in [0.2, 0.25) is 0 Å². The molecular weight excluding hydrogens is 460 g/mol. The number of phenols is 1. The number of rotatable bonds is 7. The molecule has 0 bridgehead atoms. The number of carbonyl (C=O) groups excluding carboxylic acids is 1. The molecule has 0 aromatic heterocycles. The summed E-state index contributed by atoms with van der Waals surface area (Å²) in [6.07, 6.45) is 1.47. The van der Waals surface area contributed by atoms with Crippen LogP contribution in [-0.2, 0) is 11.4 Å². The minimum atomic E-state index is -0.553. The van der Waals surface area contributed by atoms with Crippen LogP contribution in [0.3, 0.4) is 0 Å². The molecule has 2 N–H and O–H groups in total. The van der Waals surface area contributed by atoms with E-state index in [1.54, 1.807) is 30.3 Å². The van der Waals surface area contributed by atoms with E-state index in [4.69, 9.17) is 9.47 Å². The fourth-order valence-corrected chi connectivity index (χ4v) is 2.96. The first kappa shape index (κ1) is 21.9. The van der Waals surface area contributed by atoms with Crippen LogP contribution in [0.25, 0.3) is 6.08 Å². The van der Waals surface area contributed by atoms with E-state index in [0.29, 0.717) is 29.4 Å². The molecule has 6 nitrogen and oxygen atoms in total. The third-order valence-corrected chi connectivity index (χ3v) is 4.83. The number of benzene rings is 3. The zero-order chi connectivity index (χ0) is 22.2. The van der Waals surface area contributed by atoms with Crippen molar-refractivity contribution in [2.75, 3.05) is 12.4 Å². The molecule has 1 amide bonds. The van der Waals surface area contributed by atoms with Crippen molar-refractivity contribution in [3.05, 3.63) is 87.9 Å². The topological polar surface area (TPSA) is 91.6 Å². The summed E-state index contributed by atoms with van der Waals surface area (Å²) in [5, 5.41) is 21.4. The summed E-state index contributed by atoms with van der Waals surface area (Å²) in [6.45, 7) is 0.372. The van der Waals surface area contributed by atoms with Crippen molar-refractivity contribution in [1.29, 1.82) is 5.26 Å². The predicted molar refractivity (Wildman–Crippen MR) is 122 cm³/mol. The molecule has 3 rings (SSSR count). The number of carbonyl (C=O) groups is 1. The van der Waals surface area contributed by atoms with Gasteiger partial charge in [-0.05, 0) is 65.7 Å². The number of methoxy groups -OCH3 is 1. The van der Waals surface area contributed by atoms with Crippen LogP contribution >= 0.6 is 15.9 Å². The third kappa shape index (κ3) is 6.11. The van der Waals surface area contributed by atoms with Crippen LogP contribution in [0.15, 0.2) is 76.8 Å². The average molecular weight is 479 g/mol. The van der Waals surface area contributed by atoms with Crippen molar-refractivity contribution in [1.82, 2.24) is 0 Å². The molecule has 0 spiro atoms. The smallest absolute Gasteiger partial charge is 0.266 e. The number of phenolic OH excluding ortho intramolecular Hbond substituents is 1. The van der Waals surface area contributed by atoms with E-state index in [1.807, 2.05) is 30.3 Å². The standard InChI is InChI=1S/C24H19BrN2O4/c1-30-23-13-17(4-11-22(23)31-15-16-2-5-19(25)6-3-16)12-18(14-26)24(29)27-20-7-9-21(28)10-8-20/h2-13,28H,15H2,1H3,(H,27,29)/b18-12-. The van der Waals surface area contributed by atoms with Crippen LogP contribution in [0.2, 0.25) is 0 Å². The number of anilines is 1. The predicted octanol–water partition coefficient (Wildman–Crippen LogP) is 5.29.